The van der Waals surface area contributed by atoms with Crippen LogP contribution in [-0.2, 0) is 9.59 Å². The number of ketones is 1. The molecule has 0 spiro atoms. The number of hydrogen-bond acceptors (Lipinski definition) is 3. The second-order valence-electron chi connectivity index (χ2n) is 4.09. The highest BCUT2D eigenvalue weighted by Gasteiger charge is 2.18. The molecule has 88 valence electrons. The van der Waals surface area contributed by atoms with E-state index in [0.29, 0.717) is 12.0 Å². The highest BCUT2D eigenvalue weighted by atomic mass is 16.4. The zero-order valence-corrected chi connectivity index (χ0v) is 9.35. The summed E-state index contributed by atoms with van der Waals surface area (Å²) in [7, 11) is 0. The molecule has 0 amide bonds. The van der Waals surface area contributed by atoms with Gasteiger partial charge in [-0.1, -0.05) is 18.2 Å². The van der Waals surface area contributed by atoms with E-state index < -0.39 is 12.0 Å². The van der Waals surface area contributed by atoms with Crippen LogP contribution in [-0.4, -0.2) is 22.9 Å². The Bertz CT molecular complexity index is 344. The molecule has 0 radical (unpaired) electrons. The lowest BCUT2D eigenvalue weighted by molar-refractivity contribution is -0.138. The van der Waals surface area contributed by atoms with Gasteiger partial charge in [0.1, 0.15) is 6.04 Å². The molecule has 0 saturated carbocycles. The maximum atomic E-state index is 11.2. The van der Waals surface area contributed by atoms with Crippen LogP contribution < -0.4 is 5.73 Å². The smallest absolute Gasteiger partial charge is 0.320 e. The minimum Gasteiger partial charge on any atom is -0.480 e. The zero-order chi connectivity index (χ0) is 12.1. The van der Waals surface area contributed by atoms with Crippen LogP contribution in [0.5, 0.6) is 0 Å². The van der Waals surface area contributed by atoms with E-state index in [9.17, 15) is 9.59 Å². The molecule has 0 heterocycles. The van der Waals surface area contributed by atoms with E-state index in [1.54, 1.807) is 6.08 Å². The Hall–Kier alpha value is -1.42. The van der Waals surface area contributed by atoms with Gasteiger partial charge in [0.15, 0.2) is 5.78 Å². The van der Waals surface area contributed by atoms with E-state index in [1.165, 1.54) is 6.92 Å². The minimum atomic E-state index is -0.975. The average Bonchev–Trinajstić information content (AvgIpc) is 2.43. The SMILES string of the molecule is CC(=O)C1=CCCC(CC(N)C(=O)O)C=C1. The number of carboxylic acid groups (broad SMARTS) is 1. The van der Waals surface area contributed by atoms with E-state index in [4.69, 9.17) is 10.8 Å². The van der Waals surface area contributed by atoms with Crippen LogP contribution in [0, 0.1) is 5.92 Å². The van der Waals surface area contributed by atoms with Crippen LogP contribution in [0.3, 0.4) is 0 Å². The Morgan fingerprint density at radius 2 is 2.31 bits per heavy atom. The van der Waals surface area contributed by atoms with Gasteiger partial charge in [-0.15, -0.1) is 0 Å². The van der Waals surface area contributed by atoms with Crippen LogP contribution in [0.2, 0.25) is 0 Å². The fraction of sp³-hybridized carbons (Fsp3) is 0.500. The van der Waals surface area contributed by atoms with Gasteiger partial charge in [-0.3, -0.25) is 9.59 Å². The molecule has 4 heteroatoms. The monoisotopic (exact) mass is 223 g/mol. The van der Waals surface area contributed by atoms with E-state index in [-0.39, 0.29) is 11.7 Å². The largest absolute Gasteiger partial charge is 0.480 e. The maximum Gasteiger partial charge on any atom is 0.320 e. The number of Topliss-reactive ketones (excluding diaryl/α,β-unsaturated/α-hetero) is 1. The summed E-state index contributed by atoms with van der Waals surface area (Å²) in [6.07, 6.45) is 7.61. The molecule has 16 heavy (non-hydrogen) atoms. The van der Waals surface area contributed by atoms with Crippen molar-refractivity contribution in [3.05, 3.63) is 23.8 Å². The standard InChI is InChI=1S/C12H17NO3/c1-8(14)10-4-2-3-9(5-6-10)7-11(13)12(15)16/h4-6,9,11H,2-3,7,13H2,1H3,(H,15,16). The van der Waals surface area contributed by atoms with Gasteiger partial charge in [-0.2, -0.15) is 0 Å². The quantitative estimate of drug-likeness (QED) is 0.752. The highest BCUT2D eigenvalue weighted by molar-refractivity contribution is 5.96. The van der Waals surface area contributed by atoms with E-state index in [2.05, 4.69) is 0 Å². The number of carbonyl (C=O) groups excluding carboxylic acids is 1. The van der Waals surface area contributed by atoms with Crippen LogP contribution >= 0.6 is 0 Å². The number of nitrogens with two attached hydrogens (primary N) is 1. The van der Waals surface area contributed by atoms with Gasteiger partial charge in [0, 0.05) is 5.57 Å². The topological polar surface area (TPSA) is 80.4 Å². The second-order valence-corrected chi connectivity index (χ2v) is 4.09. The summed E-state index contributed by atoms with van der Waals surface area (Å²) in [6, 6.07) is -0.825. The van der Waals surface area contributed by atoms with Crippen molar-refractivity contribution in [2.45, 2.75) is 32.2 Å². The van der Waals surface area contributed by atoms with Gasteiger partial charge in [0.25, 0.3) is 0 Å². The van der Waals surface area contributed by atoms with Crippen LogP contribution in [0.25, 0.3) is 0 Å². The second kappa shape index (κ2) is 5.61. The fourth-order valence-electron chi connectivity index (χ4n) is 1.74. The fourth-order valence-corrected chi connectivity index (χ4v) is 1.74. The maximum absolute atomic E-state index is 11.2. The molecule has 2 atom stereocenters. The number of carboxylic acids is 1. The highest BCUT2D eigenvalue weighted by Crippen LogP contribution is 2.20. The predicted molar refractivity (Wildman–Crippen MR) is 60.9 cm³/mol. The molecule has 0 aromatic carbocycles. The number of allylic oxidation sites excluding steroid dienone is 4. The zero-order valence-electron chi connectivity index (χ0n) is 9.35. The molecule has 1 rings (SSSR count). The van der Waals surface area contributed by atoms with E-state index in [1.807, 2.05) is 12.2 Å². The molecule has 3 N–H and O–H groups in total. The molecule has 1 aliphatic rings. The molecule has 0 saturated heterocycles. The summed E-state index contributed by atoms with van der Waals surface area (Å²) in [5, 5.41) is 8.71. The van der Waals surface area contributed by atoms with Gasteiger partial charge in [0.2, 0.25) is 0 Å². The normalized spacial score (nSPS) is 22.1. The lowest BCUT2D eigenvalue weighted by Crippen LogP contribution is -2.32. The molecule has 0 bridgehead atoms. The van der Waals surface area contributed by atoms with Gasteiger partial charge in [-0.25, -0.2) is 0 Å². The molecule has 2 unspecified atom stereocenters. The van der Waals surface area contributed by atoms with Crippen LogP contribution in [0.4, 0.5) is 0 Å². The molecule has 0 fully saturated rings. The molecule has 0 aliphatic heterocycles. The van der Waals surface area contributed by atoms with Crippen molar-refractivity contribution in [2.75, 3.05) is 0 Å². The lowest BCUT2D eigenvalue weighted by atomic mass is 9.96. The van der Waals surface area contributed by atoms with Gasteiger partial charge < -0.3 is 10.8 Å². The third-order valence-electron chi connectivity index (χ3n) is 2.73. The molecule has 1 aliphatic carbocycles. The van der Waals surface area contributed by atoms with Crippen molar-refractivity contribution in [3.8, 4) is 0 Å². The number of rotatable bonds is 4. The molecular formula is C12H17NO3. The van der Waals surface area contributed by atoms with Crippen molar-refractivity contribution < 1.29 is 14.7 Å². The Balaban J connectivity index is 2.59. The van der Waals surface area contributed by atoms with Gasteiger partial charge in [0.05, 0.1) is 0 Å². The number of hydrogen-bond donors (Lipinski definition) is 2. The Labute approximate surface area is 94.8 Å². The van der Waals surface area contributed by atoms with Crippen molar-refractivity contribution >= 4 is 11.8 Å². The summed E-state index contributed by atoms with van der Waals surface area (Å²) < 4.78 is 0. The Morgan fingerprint density at radius 3 is 2.88 bits per heavy atom. The van der Waals surface area contributed by atoms with Crippen molar-refractivity contribution in [2.24, 2.45) is 11.7 Å². The molecule has 0 aromatic heterocycles. The molecule has 0 aromatic rings. The first-order chi connectivity index (χ1) is 7.50. The summed E-state index contributed by atoms with van der Waals surface area (Å²) in [5.74, 6) is -0.795. The molecular weight excluding hydrogens is 206 g/mol. The summed E-state index contributed by atoms with van der Waals surface area (Å²) in [6.45, 7) is 1.53. The first-order valence-electron chi connectivity index (χ1n) is 5.38. The summed E-state index contributed by atoms with van der Waals surface area (Å²) >= 11 is 0. The first-order valence-corrected chi connectivity index (χ1v) is 5.38. The predicted octanol–water partition coefficient (Wildman–Crippen LogP) is 1.27. The first kappa shape index (κ1) is 12.6. The average molecular weight is 223 g/mol. The van der Waals surface area contributed by atoms with E-state index in [0.717, 1.165) is 12.8 Å². The van der Waals surface area contributed by atoms with E-state index >= 15 is 0 Å². The van der Waals surface area contributed by atoms with Crippen molar-refractivity contribution in [1.82, 2.24) is 0 Å². The van der Waals surface area contributed by atoms with Crippen LogP contribution in [0.15, 0.2) is 23.8 Å². The Morgan fingerprint density at radius 1 is 1.62 bits per heavy atom. The van der Waals surface area contributed by atoms with Crippen molar-refractivity contribution in [1.29, 1.82) is 0 Å². The summed E-state index contributed by atoms with van der Waals surface area (Å²) in [5.41, 5.74) is 6.18. The third-order valence-corrected chi connectivity index (χ3v) is 2.73. The minimum absolute atomic E-state index is 0.0411. The van der Waals surface area contributed by atoms with Gasteiger partial charge >= 0.3 is 5.97 Å². The van der Waals surface area contributed by atoms with Gasteiger partial charge in [-0.05, 0) is 32.1 Å². The lowest BCUT2D eigenvalue weighted by Gasteiger charge is -2.13. The Kier molecular flexibility index (Phi) is 4.43. The van der Waals surface area contributed by atoms with Crippen LogP contribution in [0.1, 0.15) is 26.2 Å². The summed E-state index contributed by atoms with van der Waals surface area (Å²) in [4.78, 5) is 21.8. The number of aliphatic carboxylic acids is 1. The number of carbonyl (C=O) groups is 2. The van der Waals surface area contributed by atoms with Crippen molar-refractivity contribution in [3.63, 3.8) is 0 Å². The molecule has 4 nitrogen and oxygen atoms in total. The third kappa shape index (κ3) is 3.62.